The minimum Gasteiger partial charge on any atom is -0.435 e. The normalized spacial score (nSPS) is 16.4. The van der Waals surface area contributed by atoms with E-state index in [2.05, 4.69) is 30.2 Å². The van der Waals surface area contributed by atoms with Gasteiger partial charge >= 0.3 is 0 Å². The number of nitrogens with zero attached hydrogens (tertiary/aromatic N) is 5. The number of rotatable bonds is 5. The largest absolute Gasteiger partial charge is 0.435 e. The molecule has 144 valence electrons. The first-order valence-corrected chi connectivity index (χ1v) is 9.39. The van der Waals surface area contributed by atoms with Crippen LogP contribution in [0.2, 0.25) is 0 Å². The maximum Gasteiger partial charge on any atom is 0.289 e. The Morgan fingerprint density at radius 3 is 2.96 bits per heavy atom. The number of amides is 1. The number of carbonyl (C=O) groups is 1. The van der Waals surface area contributed by atoms with E-state index in [4.69, 9.17) is 4.42 Å². The topological polar surface area (TPSA) is 97.0 Å². The highest BCUT2D eigenvalue weighted by molar-refractivity contribution is 5.92. The van der Waals surface area contributed by atoms with E-state index in [1.165, 1.54) is 0 Å². The van der Waals surface area contributed by atoms with Crippen molar-refractivity contribution in [3.63, 3.8) is 0 Å². The summed E-state index contributed by atoms with van der Waals surface area (Å²) in [7, 11) is 0. The van der Waals surface area contributed by atoms with E-state index < -0.39 is 0 Å². The van der Waals surface area contributed by atoms with E-state index in [9.17, 15) is 4.79 Å². The van der Waals surface area contributed by atoms with Crippen LogP contribution in [0.1, 0.15) is 35.5 Å². The Morgan fingerprint density at radius 1 is 1.32 bits per heavy atom. The monoisotopic (exact) mass is 378 g/mol. The van der Waals surface area contributed by atoms with Crippen LogP contribution in [0.4, 0.5) is 5.95 Å². The highest BCUT2D eigenvalue weighted by Crippen LogP contribution is 2.21. The minimum absolute atomic E-state index is 0.00715. The molecule has 8 nitrogen and oxygen atoms in total. The van der Waals surface area contributed by atoms with Crippen LogP contribution >= 0.6 is 0 Å². The lowest BCUT2D eigenvalue weighted by molar-refractivity contribution is 0.0910. The van der Waals surface area contributed by atoms with Crippen LogP contribution < -0.4 is 10.2 Å². The first kappa shape index (κ1) is 18.1. The van der Waals surface area contributed by atoms with Crippen LogP contribution in [0, 0.1) is 6.92 Å². The molecule has 0 bridgehead atoms. The number of pyridine rings is 1. The third-order valence-corrected chi connectivity index (χ3v) is 4.76. The summed E-state index contributed by atoms with van der Waals surface area (Å²) in [6.45, 7) is 5.16. The summed E-state index contributed by atoms with van der Waals surface area (Å²) in [5.74, 6) is 1.31. The number of hydrogen-bond donors (Lipinski definition) is 1. The molecule has 8 heteroatoms. The molecule has 4 rings (SSSR count). The van der Waals surface area contributed by atoms with Crippen molar-refractivity contribution in [2.24, 2.45) is 0 Å². The van der Waals surface area contributed by atoms with Crippen molar-refractivity contribution in [2.45, 2.75) is 32.7 Å². The van der Waals surface area contributed by atoms with E-state index in [-0.39, 0.29) is 11.9 Å². The summed E-state index contributed by atoms with van der Waals surface area (Å²) in [5, 5.41) is 3.04. The predicted molar refractivity (Wildman–Crippen MR) is 104 cm³/mol. The van der Waals surface area contributed by atoms with Gasteiger partial charge in [-0.1, -0.05) is 6.92 Å². The van der Waals surface area contributed by atoms with E-state index in [0.29, 0.717) is 36.3 Å². The molecule has 1 aliphatic rings. The van der Waals surface area contributed by atoms with Crippen LogP contribution in [0.5, 0.6) is 0 Å². The highest BCUT2D eigenvalue weighted by atomic mass is 16.4. The van der Waals surface area contributed by atoms with Gasteiger partial charge in [-0.15, -0.1) is 0 Å². The molecule has 0 spiro atoms. The molecule has 1 amide bonds. The van der Waals surface area contributed by atoms with Gasteiger partial charge in [0.05, 0.1) is 11.4 Å². The van der Waals surface area contributed by atoms with Gasteiger partial charge in [0.2, 0.25) is 11.7 Å². The fourth-order valence-corrected chi connectivity index (χ4v) is 3.30. The number of nitrogens with one attached hydrogen (secondary N) is 1. The molecule has 0 saturated carbocycles. The Labute approximate surface area is 163 Å². The molecule has 1 aliphatic heterocycles. The Kier molecular flexibility index (Phi) is 5.01. The number of anilines is 1. The fourth-order valence-electron chi connectivity index (χ4n) is 3.30. The molecule has 0 radical (unpaired) electrons. The first-order chi connectivity index (χ1) is 13.6. The van der Waals surface area contributed by atoms with Gasteiger partial charge in [-0.2, -0.15) is 0 Å². The van der Waals surface area contributed by atoms with Crippen LogP contribution in [0.3, 0.4) is 0 Å². The van der Waals surface area contributed by atoms with Gasteiger partial charge in [-0.3, -0.25) is 9.78 Å². The fraction of sp³-hybridized carbons (Fsp3) is 0.350. The van der Waals surface area contributed by atoms with Gasteiger partial charge in [0.25, 0.3) is 5.91 Å². The molecule has 1 saturated heterocycles. The zero-order valence-corrected chi connectivity index (χ0v) is 15.9. The Morgan fingerprint density at radius 2 is 2.21 bits per heavy atom. The molecule has 1 fully saturated rings. The average Bonchev–Trinajstić information content (AvgIpc) is 3.35. The minimum atomic E-state index is -0.221. The predicted octanol–water partition coefficient (Wildman–Crippen LogP) is 2.41. The number of aryl methyl sites for hydroxylation is 2. The second-order valence-electron chi connectivity index (χ2n) is 6.76. The summed E-state index contributed by atoms with van der Waals surface area (Å²) < 4.78 is 5.54. The number of oxazole rings is 1. The number of aromatic nitrogens is 4. The van der Waals surface area contributed by atoms with Crippen molar-refractivity contribution >= 4 is 11.9 Å². The highest BCUT2D eigenvalue weighted by Gasteiger charge is 2.28. The molecule has 3 aromatic heterocycles. The quantitative estimate of drug-likeness (QED) is 0.728. The van der Waals surface area contributed by atoms with Crippen LogP contribution in [0.15, 0.2) is 41.2 Å². The maximum absolute atomic E-state index is 12.5. The van der Waals surface area contributed by atoms with Crippen molar-refractivity contribution < 1.29 is 9.21 Å². The van der Waals surface area contributed by atoms with Crippen molar-refractivity contribution in [3.05, 3.63) is 54.1 Å². The summed E-state index contributed by atoms with van der Waals surface area (Å²) in [5.41, 5.74) is 2.40. The molecule has 0 aromatic carbocycles. The summed E-state index contributed by atoms with van der Waals surface area (Å²) >= 11 is 0. The van der Waals surface area contributed by atoms with Crippen molar-refractivity contribution in [3.8, 4) is 11.3 Å². The van der Waals surface area contributed by atoms with Gasteiger partial charge in [0, 0.05) is 49.7 Å². The third kappa shape index (κ3) is 3.71. The second-order valence-corrected chi connectivity index (χ2v) is 6.76. The van der Waals surface area contributed by atoms with Crippen LogP contribution in [0.25, 0.3) is 11.3 Å². The number of hydrogen-bond acceptors (Lipinski definition) is 7. The lowest BCUT2D eigenvalue weighted by Gasteiger charge is -2.17. The van der Waals surface area contributed by atoms with E-state index in [1.54, 1.807) is 25.5 Å². The summed E-state index contributed by atoms with van der Waals surface area (Å²) in [6, 6.07) is 5.73. The van der Waals surface area contributed by atoms with Gasteiger partial charge in [0.15, 0.2) is 5.89 Å². The molecule has 0 aliphatic carbocycles. The lowest BCUT2D eigenvalue weighted by Crippen LogP contribution is -2.37. The van der Waals surface area contributed by atoms with E-state index in [1.807, 2.05) is 25.1 Å². The SMILES string of the molecule is CCc1nc(C)c(C(=O)NC2CCN(c3nccc(-c4cccnc4)n3)C2)o1. The first-order valence-electron chi connectivity index (χ1n) is 9.39. The third-order valence-electron chi connectivity index (χ3n) is 4.76. The van der Waals surface area contributed by atoms with E-state index in [0.717, 1.165) is 24.2 Å². The van der Waals surface area contributed by atoms with Crippen molar-refractivity contribution in [2.75, 3.05) is 18.0 Å². The zero-order chi connectivity index (χ0) is 19.5. The van der Waals surface area contributed by atoms with Gasteiger partial charge in [-0.25, -0.2) is 15.0 Å². The van der Waals surface area contributed by atoms with E-state index >= 15 is 0 Å². The Hall–Kier alpha value is -3.29. The number of carbonyl (C=O) groups excluding carboxylic acids is 1. The van der Waals surface area contributed by atoms with Crippen molar-refractivity contribution in [1.82, 2.24) is 25.3 Å². The van der Waals surface area contributed by atoms with Crippen LogP contribution in [-0.2, 0) is 6.42 Å². The second kappa shape index (κ2) is 7.75. The summed E-state index contributed by atoms with van der Waals surface area (Å²) in [4.78, 5) is 32.1. The van der Waals surface area contributed by atoms with Gasteiger partial charge in [0.1, 0.15) is 0 Å². The Balaban J connectivity index is 1.43. The maximum atomic E-state index is 12.5. The standard InChI is InChI=1S/C20H22N6O2/c1-3-17-23-13(2)18(28-17)19(27)24-15-7-10-26(12-15)20-22-9-6-16(25-20)14-5-4-8-21-11-14/h4-6,8-9,11,15H,3,7,10,12H2,1-2H3,(H,24,27). The lowest BCUT2D eigenvalue weighted by atomic mass is 10.2. The molecule has 1 unspecified atom stereocenters. The Bertz CT molecular complexity index is 972. The smallest absolute Gasteiger partial charge is 0.289 e. The molecule has 1 atom stereocenters. The molecular formula is C20H22N6O2. The van der Waals surface area contributed by atoms with Crippen molar-refractivity contribution in [1.29, 1.82) is 0 Å². The molecule has 28 heavy (non-hydrogen) atoms. The molecule has 1 N–H and O–H groups in total. The average molecular weight is 378 g/mol. The zero-order valence-electron chi connectivity index (χ0n) is 15.9. The molecular weight excluding hydrogens is 356 g/mol. The summed E-state index contributed by atoms with van der Waals surface area (Å²) in [6.07, 6.45) is 6.75. The van der Waals surface area contributed by atoms with Gasteiger partial charge < -0.3 is 14.6 Å². The van der Waals surface area contributed by atoms with Gasteiger partial charge in [-0.05, 0) is 31.5 Å². The molecule has 3 aromatic rings. The van der Waals surface area contributed by atoms with Crippen LogP contribution in [-0.4, -0.2) is 45.0 Å². The molecule has 4 heterocycles.